The summed E-state index contributed by atoms with van der Waals surface area (Å²) in [5, 5.41) is 7.21. The lowest BCUT2D eigenvalue weighted by Gasteiger charge is -2.37. The number of para-hydroxylation sites is 1. The first-order valence-corrected chi connectivity index (χ1v) is 14.7. The van der Waals surface area contributed by atoms with Gasteiger partial charge >= 0.3 is 0 Å². The van der Waals surface area contributed by atoms with Crippen LogP contribution in [0.1, 0.15) is 85.6 Å². The van der Waals surface area contributed by atoms with E-state index in [0.29, 0.717) is 24.9 Å². The smallest absolute Gasteiger partial charge is 0.255 e. The lowest BCUT2D eigenvalue weighted by atomic mass is 9.89. The van der Waals surface area contributed by atoms with Crippen LogP contribution in [0.2, 0.25) is 0 Å². The SMILES string of the molecule is CC(C)CC(NC(=O)C1Cc2c([nH]c3ccccc23)C2c3ccccc3C(=O)N12)C(=O)NCCC1=CCCCC1. The van der Waals surface area contributed by atoms with Gasteiger partial charge in [0.15, 0.2) is 0 Å². The van der Waals surface area contributed by atoms with Gasteiger partial charge in [0.1, 0.15) is 12.1 Å². The molecule has 40 heavy (non-hydrogen) atoms. The second-order valence-corrected chi connectivity index (χ2v) is 11.8. The Morgan fingerprint density at radius 3 is 2.67 bits per heavy atom. The molecule has 0 spiro atoms. The Hall–Kier alpha value is -3.87. The van der Waals surface area contributed by atoms with E-state index in [1.165, 1.54) is 18.4 Å². The topological polar surface area (TPSA) is 94.3 Å². The van der Waals surface area contributed by atoms with Crippen molar-refractivity contribution < 1.29 is 14.4 Å². The molecule has 7 heteroatoms. The van der Waals surface area contributed by atoms with Crippen molar-refractivity contribution in [2.75, 3.05) is 6.54 Å². The van der Waals surface area contributed by atoms with E-state index in [0.717, 1.165) is 47.0 Å². The molecule has 2 aromatic carbocycles. The third kappa shape index (κ3) is 4.82. The summed E-state index contributed by atoms with van der Waals surface area (Å²) in [6, 6.07) is 14.0. The second kappa shape index (κ2) is 11.0. The van der Waals surface area contributed by atoms with Gasteiger partial charge < -0.3 is 20.5 Å². The number of rotatable bonds is 8. The van der Waals surface area contributed by atoms with E-state index in [1.54, 1.807) is 4.90 Å². The zero-order valence-corrected chi connectivity index (χ0v) is 23.3. The summed E-state index contributed by atoms with van der Waals surface area (Å²) in [4.78, 5) is 46.3. The monoisotopic (exact) mass is 538 g/mol. The molecule has 0 radical (unpaired) electrons. The molecule has 7 nitrogen and oxygen atoms in total. The highest BCUT2D eigenvalue weighted by Gasteiger charge is 2.49. The van der Waals surface area contributed by atoms with Crippen LogP contribution < -0.4 is 10.6 Å². The molecule has 1 aliphatic carbocycles. The number of H-pyrrole nitrogens is 1. The van der Waals surface area contributed by atoms with Gasteiger partial charge in [-0.15, -0.1) is 0 Å². The first kappa shape index (κ1) is 26.4. The van der Waals surface area contributed by atoms with Crippen LogP contribution in [0.3, 0.4) is 0 Å². The molecule has 3 amide bonds. The van der Waals surface area contributed by atoms with Crippen LogP contribution >= 0.6 is 0 Å². The Morgan fingerprint density at radius 2 is 1.88 bits per heavy atom. The van der Waals surface area contributed by atoms with Crippen LogP contribution in [0.5, 0.6) is 0 Å². The summed E-state index contributed by atoms with van der Waals surface area (Å²) in [7, 11) is 0. The number of fused-ring (bicyclic) bond motifs is 7. The fourth-order valence-electron chi connectivity index (χ4n) is 6.71. The highest BCUT2D eigenvalue weighted by molar-refractivity contribution is 6.04. The molecule has 0 saturated carbocycles. The number of allylic oxidation sites excluding steroid dienone is 1. The molecule has 3 unspecified atom stereocenters. The Morgan fingerprint density at radius 1 is 1.07 bits per heavy atom. The van der Waals surface area contributed by atoms with E-state index in [1.807, 2.05) is 42.5 Å². The summed E-state index contributed by atoms with van der Waals surface area (Å²) in [6.07, 6.45) is 8.75. The lowest BCUT2D eigenvalue weighted by molar-refractivity contribution is -0.132. The zero-order valence-electron chi connectivity index (χ0n) is 23.3. The van der Waals surface area contributed by atoms with Crippen molar-refractivity contribution in [3.05, 3.63) is 82.6 Å². The quantitative estimate of drug-likeness (QED) is 0.345. The molecule has 3 atom stereocenters. The molecule has 208 valence electrons. The van der Waals surface area contributed by atoms with Crippen LogP contribution in [0.25, 0.3) is 10.9 Å². The molecule has 2 aliphatic heterocycles. The number of nitrogens with one attached hydrogen (secondary N) is 3. The van der Waals surface area contributed by atoms with Gasteiger partial charge in [-0.2, -0.15) is 0 Å². The molecule has 3 aliphatic rings. The number of nitrogens with zero attached hydrogens (tertiary/aromatic N) is 1. The van der Waals surface area contributed by atoms with Crippen molar-refractivity contribution in [3.63, 3.8) is 0 Å². The average Bonchev–Trinajstić information content (AvgIpc) is 3.48. The Labute approximate surface area is 235 Å². The number of hydrogen-bond acceptors (Lipinski definition) is 3. The van der Waals surface area contributed by atoms with E-state index < -0.39 is 12.1 Å². The van der Waals surface area contributed by atoms with Gasteiger partial charge in [-0.3, -0.25) is 14.4 Å². The minimum absolute atomic E-state index is 0.143. The molecule has 1 aromatic heterocycles. The van der Waals surface area contributed by atoms with E-state index in [-0.39, 0.29) is 29.7 Å². The lowest BCUT2D eigenvalue weighted by Crippen LogP contribution is -2.56. The minimum Gasteiger partial charge on any atom is -0.356 e. The third-order valence-corrected chi connectivity index (χ3v) is 8.62. The van der Waals surface area contributed by atoms with E-state index >= 15 is 0 Å². The average molecular weight is 539 g/mol. The van der Waals surface area contributed by atoms with E-state index in [9.17, 15) is 14.4 Å². The van der Waals surface area contributed by atoms with Crippen LogP contribution in [-0.2, 0) is 16.0 Å². The van der Waals surface area contributed by atoms with Crippen molar-refractivity contribution >= 4 is 28.6 Å². The summed E-state index contributed by atoms with van der Waals surface area (Å²) >= 11 is 0. The molecular formula is C33H38N4O3. The first-order chi connectivity index (χ1) is 19.4. The number of aromatic nitrogens is 1. The number of carbonyl (C=O) groups is 3. The Kier molecular flexibility index (Phi) is 7.22. The van der Waals surface area contributed by atoms with E-state index in [2.05, 4.69) is 41.6 Å². The van der Waals surface area contributed by atoms with Crippen molar-refractivity contribution in [2.24, 2.45) is 5.92 Å². The Bertz CT molecular complexity index is 1490. The van der Waals surface area contributed by atoms with Crippen LogP contribution in [-0.4, -0.2) is 46.2 Å². The predicted molar refractivity (Wildman–Crippen MR) is 156 cm³/mol. The second-order valence-electron chi connectivity index (χ2n) is 11.8. The number of hydrogen-bond donors (Lipinski definition) is 3. The molecule has 6 rings (SSSR count). The van der Waals surface area contributed by atoms with Gasteiger partial charge in [0.2, 0.25) is 11.8 Å². The number of carbonyl (C=O) groups excluding carboxylic acids is 3. The van der Waals surface area contributed by atoms with Gasteiger partial charge in [0.25, 0.3) is 5.91 Å². The van der Waals surface area contributed by atoms with E-state index in [4.69, 9.17) is 0 Å². The molecule has 0 bridgehead atoms. The number of amides is 3. The molecule has 3 heterocycles. The highest BCUT2D eigenvalue weighted by atomic mass is 16.2. The maximum Gasteiger partial charge on any atom is 0.255 e. The standard InChI is InChI=1S/C33H38N4O3/c1-20(2)18-27(31(38)34-17-16-21-10-4-3-5-11-21)36-32(39)28-19-25-22-12-8-9-15-26(22)35-29(25)30-23-13-6-7-14-24(23)33(40)37(28)30/h6-10,12-15,20,27-28,30,35H,3-5,11,16-19H2,1-2H3,(H,34,38)(H,36,39). The third-order valence-electron chi connectivity index (χ3n) is 8.62. The van der Waals surface area contributed by atoms with Crippen molar-refractivity contribution in [2.45, 2.75) is 76.9 Å². The number of aromatic amines is 1. The predicted octanol–water partition coefficient (Wildman–Crippen LogP) is 5.18. The van der Waals surface area contributed by atoms with Gasteiger partial charge in [0, 0.05) is 35.1 Å². The molecule has 3 N–H and O–H groups in total. The number of benzene rings is 2. The van der Waals surface area contributed by atoms with Gasteiger partial charge in [-0.1, -0.05) is 61.9 Å². The molecule has 3 aromatic rings. The van der Waals surface area contributed by atoms with Crippen molar-refractivity contribution in [1.82, 2.24) is 20.5 Å². The van der Waals surface area contributed by atoms with Crippen LogP contribution in [0, 0.1) is 5.92 Å². The van der Waals surface area contributed by atoms with Crippen molar-refractivity contribution in [1.29, 1.82) is 0 Å². The molecular weight excluding hydrogens is 500 g/mol. The molecule has 0 saturated heterocycles. The van der Waals surface area contributed by atoms with Crippen molar-refractivity contribution in [3.8, 4) is 0 Å². The normalized spacial score (nSPS) is 20.5. The Balaban J connectivity index is 1.26. The van der Waals surface area contributed by atoms with Gasteiger partial charge in [0.05, 0.1) is 6.04 Å². The minimum atomic E-state index is -0.716. The summed E-state index contributed by atoms with van der Waals surface area (Å²) in [5.74, 6) is -0.364. The fourth-order valence-corrected chi connectivity index (χ4v) is 6.71. The summed E-state index contributed by atoms with van der Waals surface area (Å²) < 4.78 is 0. The zero-order chi connectivity index (χ0) is 27.8. The maximum absolute atomic E-state index is 14.0. The van der Waals surface area contributed by atoms with Gasteiger partial charge in [-0.05, 0) is 67.7 Å². The van der Waals surface area contributed by atoms with Crippen LogP contribution in [0.4, 0.5) is 0 Å². The van der Waals surface area contributed by atoms with Crippen LogP contribution in [0.15, 0.2) is 60.2 Å². The summed E-state index contributed by atoms with van der Waals surface area (Å²) in [6.45, 7) is 4.67. The largest absolute Gasteiger partial charge is 0.356 e. The fraction of sp³-hybridized carbons (Fsp3) is 0.424. The maximum atomic E-state index is 14.0. The summed E-state index contributed by atoms with van der Waals surface area (Å²) in [5.41, 5.74) is 5.97. The molecule has 0 fully saturated rings. The first-order valence-electron chi connectivity index (χ1n) is 14.7. The highest BCUT2D eigenvalue weighted by Crippen LogP contribution is 2.46. The van der Waals surface area contributed by atoms with Gasteiger partial charge in [-0.25, -0.2) is 0 Å².